The average molecular weight is 143 g/mol. The Kier molecular flexibility index (Phi) is 3.95. The monoisotopic (exact) mass is 143 g/mol. The average Bonchev–Trinajstić information content (AvgIpc) is 1.90. The fourth-order valence-electron chi connectivity index (χ4n) is 1.39. The highest BCUT2D eigenvalue weighted by molar-refractivity contribution is 4.80. The van der Waals surface area contributed by atoms with Gasteiger partial charge in [-0.15, -0.1) is 0 Å². The van der Waals surface area contributed by atoms with E-state index < -0.39 is 0 Å². The predicted molar refractivity (Wildman–Crippen MR) is 47.2 cm³/mol. The van der Waals surface area contributed by atoms with E-state index in [0.29, 0.717) is 11.5 Å². The van der Waals surface area contributed by atoms with E-state index in [1.54, 1.807) is 0 Å². The fourth-order valence-corrected chi connectivity index (χ4v) is 1.39. The third-order valence-corrected chi connectivity index (χ3v) is 2.61. The van der Waals surface area contributed by atoms with Crippen molar-refractivity contribution in [1.82, 2.24) is 5.32 Å². The molecule has 0 fully saturated rings. The topological polar surface area (TPSA) is 12.0 Å². The molecule has 10 heavy (non-hydrogen) atoms. The molecule has 1 nitrogen and oxygen atoms in total. The molecule has 0 radical (unpaired) electrons. The molecule has 0 aliphatic heterocycles. The molecule has 0 rings (SSSR count). The Morgan fingerprint density at radius 3 is 1.90 bits per heavy atom. The lowest BCUT2D eigenvalue weighted by molar-refractivity contribution is 0.236. The number of hydrogen-bond donors (Lipinski definition) is 1. The Balaban J connectivity index is 3.97. The Morgan fingerprint density at radius 2 is 1.80 bits per heavy atom. The summed E-state index contributed by atoms with van der Waals surface area (Å²) in [5.41, 5.74) is 0.448. The van der Waals surface area contributed by atoms with Crippen LogP contribution in [0.5, 0.6) is 0 Å². The van der Waals surface area contributed by atoms with Crippen molar-refractivity contribution < 1.29 is 0 Å². The molecule has 1 N–H and O–H groups in total. The van der Waals surface area contributed by atoms with Crippen molar-refractivity contribution in [2.24, 2.45) is 5.41 Å². The van der Waals surface area contributed by atoms with E-state index in [-0.39, 0.29) is 0 Å². The molecule has 0 bridgehead atoms. The van der Waals surface area contributed by atoms with Gasteiger partial charge in [-0.25, -0.2) is 0 Å². The zero-order chi connectivity index (χ0) is 8.20. The van der Waals surface area contributed by atoms with Gasteiger partial charge in [-0.2, -0.15) is 0 Å². The van der Waals surface area contributed by atoms with Crippen LogP contribution in [-0.4, -0.2) is 13.1 Å². The second kappa shape index (κ2) is 3.97. The summed E-state index contributed by atoms with van der Waals surface area (Å²) in [4.78, 5) is 0. The number of hydrogen-bond acceptors (Lipinski definition) is 1. The van der Waals surface area contributed by atoms with Crippen LogP contribution >= 0.6 is 0 Å². The van der Waals surface area contributed by atoms with E-state index in [1.165, 1.54) is 12.8 Å². The van der Waals surface area contributed by atoms with Gasteiger partial charge < -0.3 is 5.32 Å². The van der Waals surface area contributed by atoms with Gasteiger partial charge in [-0.05, 0) is 25.3 Å². The SMILES string of the molecule is CCC(NC)C(C)(C)CC. The molecule has 0 saturated heterocycles. The smallest absolute Gasteiger partial charge is 0.0112 e. The molecular weight excluding hydrogens is 122 g/mol. The first-order chi connectivity index (χ1) is 4.58. The number of rotatable bonds is 4. The van der Waals surface area contributed by atoms with E-state index in [2.05, 4.69) is 33.0 Å². The molecular formula is C9H21N. The van der Waals surface area contributed by atoms with Crippen molar-refractivity contribution in [2.75, 3.05) is 7.05 Å². The Bertz CT molecular complexity index is 82.7. The molecule has 0 spiro atoms. The van der Waals surface area contributed by atoms with E-state index in [1.807, 2.05) is 7.05 Å². The third-order valence-electron chi connectivity index (χ3n) is 2.61. The summed E-state index contributed by atoms with van der Waals surface area (Å²) in [7, 11) is 2.05. The minimum absolute atomic E-state index is 0.448. The van der Waals surface area contributed by atoms with E-state index >= 15 is 0 Å². The van der Waals surface area contributed by atoms with Gasteiger partial charge in [0, 0.05) is 6.04 Å². The van der Waals surface area contributed by atoms with Crippen LogP contribution in [0.3, 0.4) is 0 Å². The van der Waals surface area contributed by atoms with E-state index in [4.69, 9.17) is 0 Å². The summed E-state index contributed by atoms with van der Waals surface area (Å²) in [6.45, 7) is 9.12. The van der Waals surface area contributed by atoms with Gasteiger partial charge in [0.25, 0.3) is 0 Å². The highest BCUT2D eigenvalue weighted by Gasteiger charge is 2.23. The molecule has 0 heterocycles. The van der Waals surface area contributed by atoms with E-state index in [9.17, 15) is 0 Å². The standard InChI is InChI=1S/C9H21N/c1-6-8(10-5)9(3,4)7-2/h8,10H,6-7H2,1-5H3. The molecule has 0 aromatic carbocycles. The molecule has 62 valence electrons. The first-order valence-corrected chi connectivity index (χ1v) is 4.25. The van der Waals surface area contributed by atoms with Crippen molar-refractivity contribution in [3.8, 4) is 0 Å². The van der Waals surface area contributed by atoms with Gasteiger partial charge in [-0.1, -0.05) is 27.7 Å². The molecule has 1 atom stereocenters. The summed E-state index contributed by atoms with van der Waals surface area (Å²) in [6, 6.07) is 0.664. The molecule has 0 aromatic heterocycles. The van der Waals surface area contributed by atoms with Crippen LogP contribution in [0.1, 0.15) is 40.5 Å². The van der Waals surface area contributed by atoms with Crippen LogP contribution in [0.15, 0.2) is 0 Å². The lowest BCUT2D eigenvalue weighted by Crippen LogP contribution is -2.38. The minimum Gasteiger partial charge on any atom is -0.316 e. The van der Waals surface area contributed by atoms with Crippen LogP contribution in [0.2, 0.25) is 0 Å². The zero-order valence-corrected chi connectivity index (χ0v) is 7.99. The maximum absolute atomic E-state index is 3.34. The Morgan fingerprint density at radius 1 is 1.30 bits per heavy atom. The summed E-state index contributed by atoms with van der Waals surface area (Å²) in [5.74, 6) is 0. The van der Waals surface area contributed by atoms with Gasteiger partial charge in [0.1, 0.15) is 0 Å². The molecule has 0 saturated carbocycles. The lowest BCUT2D eigenvalue weighted by Gasteiger charge is -2.32. The van der Waals surface area contributed by atoms with Crippen molar-refractivity contribution in [1.29, 1.82) is 0 Å². The van der Waals surface area contributed by atoms with E-state index in [0.717, 1.165) is 0 Å². The number of nitrogens with one attached hydrogen (secondary N) is 1. The quantitative estimate of drug-likeness (QED) is 0.637. The second-order valence-electron chi connectivity index (χ2n) is 3.59. The summed E-state index contributed by atoms with van der Waals surface area (Å²) >= 11 is 0. The summed E-state index contributed by atoms with van der Waals surface area (Å²) in [6.07, 6.45) is 2.46. The Labute approximate surface area is 65.2 Å². The summed E-state index contributed by atoms with van der Waals surface area (Å²) in [5, 5.41) is 3.34. The summed E-state index contributed by atoms with van der Waals surface area (Å²) < 4.78 is 0. The second-order valence-corrected chi connectivity index (χ2v) is 3.59. The van der Waals surface area contributed by atoms with Gasteiger partial charge in [0.2, 0.25) is 0 Å². The Hall–Kier alpha value is -0.0400. The highest BCUT2D eigenvalue weighted by atomic mass is 14.9. The van der Waals surface area contributed by atoms with Crippen molar-refractivity contribution >= 4 is 0 Å². The third kappa shape index (κ3) is 2.30. The van der Waals surface area contributed by atoms with Gasteiger partial charge in [0.05, 0.1) is 0 Å². The highest BCUT2D eigenvalue weighted by Crippen LogP contribution is 2.26. The molecule has 1 unspecified atom stereocenters. The minimum atomic E-state index is 0.448. The fraction of sp³-hybridized carbons (Fsp3) is 1.00. The normalized spacial score (nSPS) is 15.3. The van der Waals surface area contributed by atoms with Crippen LogP contribution < -0.4 is 5.32 Å². The lowest BCUT2D eigenvalue weighted by atomic mass is 9.81. The maximum atomic E-state index is 3.34. The van der Waals surface area contributed by atoms with Crippen molar-refractivity contribution in [3.63, 3.8) is 0 Å². The molecule has 0 aromatic rings. The molecule has 0 amide bonds. The first-order valence-electron chi connectivity index (χ1n) is 4.25. The van der Waals surface area contributed by atoms with Crippen LogP contribution in [0.25, 0.3) is 0 Å². The first kappa shape index (κ1) is 9.96. The molecule has 0 aliphatic carbocycles. The zero-order valence-electron chi connectivity index (χ0n) is 7.99. The van der Waals surface area contributed by atoms with Crippen LogP contribution in [0.4, 0.5) is 0 Å². The molecule has 0 aliphatic rings. The maximum Gasteiger partial charge on any atom is 0.0112 e. The van der Waals surface area contributed by atoms with Gasteiger partial charge >= 0.3 is 0 Å². The van der Waals surface area contributed by atoms with Gasteiger partial charge in [0.15, 0.2) is 0 Å². The van der Waals surface area contributed by atoms with Crippen molar-refractivity contribution in [3.05, 3.63) is 0 Å². The van der Waals surface area contributed by atoms with Crippen LogP contribution in [-0.2, 0) is 0 Å². The predicted octanol–water partition coefficient (Wildman–Crippen LogP) is 2.42. The van der Waals surface area contributed by atoms with Gasteiger partial charge in [-0.3, -0.25) is 0 Å². The van der Waals surface area contributed by atoms with Crippen LogP contribution in [0, 0.1) is 5.41 Å². The van der Waals surface area contributed by atoms with Crippen molar-refractivity contribution in [2.45, 2.75) is 46.6 Å². The molecule has 1 heteroatoms. The largest absolute Gasteiger partial charge is 0.316 e.